The van der Waals surface area contributed by atoms with Gasteiger partial charge in [0.2, 0.25) is 5.91 Å². The third-order valence-electron chi connectivity index (χ3n) is 16.7. The molecule has 0 aromatic carbocycles. The highest BCUT2D eigenvalue weighted by Gasteiger charge is 2.20. The summed E-state index contributed by atoms with van der Waals surface area (Å²) < 4.78 is 5.49. The molecule has 0 aromatic heterocycles. The summed E-state index contributed by atoms with van der Waals surface area (Å²) in [6, 6.07) is -0.538. The van der Waals surface area contributed by atoms with Gasteiger partial charge in [-0.2, -0.15) is 0 Å². The van der Waals surface area contributed by atoms with Crippen LogP contribution in [0, 0.1) is 0 Å². The Labute approximate surface area is 488 Å². The number of carbonyl (C=O) groups is 2. The number of aliphatic hydroxyl groups excluding tert-OH is 2. The van der Waals surface area contributed by atoms with Crippen molar-refractivity contribution in [1.29, 1.82) is 0 Å². The predicted molar refractivity (Wildman–Crippen MR) is 343 cm³/mol. The van der Waals surface area contributed by atoms with Gasteiger partial charge < -0.3 is 20.3 Å². The Morgan fingerprint density at radius 2 is 0.603 bits per heavy atom. The highest BCUT2D eigenvalue weighted by atomic mass is 16.5. The van der Waals surface area contributed by atoms with E-state index in [0.717, 1.165) is 44.9 Å². The molecule has 0 aliphatic heterocycles. The largest absolute Gasteiger partial charge is 0.466 e. The molecule has 0 fully saturated rings. The number of carbonyl (C=O) groups excluding carboxylic acids is 2. The van der Waals surface area contributed by atoms with Gasteiger partial charge in [-0.25, -0.2) is 0 Å². The first kappa shape index (κ1) is 76.3. The van der Waals surface area contributed by atoms with Crippen molar-refractivity contribution in [2.45, 2.75) is 411 Å². The van der Waals surface area contributed by atoms with E-state index in [0.29, 0.717) is 25.9 Å². The van der Waals surface area contributed by atoms with E-state index in [-0.39, 0.29) is 18.5 Å². The first-order chi connectivity index (χ1) is 38.5. The third kappa shape index (κ3) is 63.5. The molecule has 0 aliphatic carbocycles. The van der Waals surface area contributed by atoms with E-state index in [9.17, 15) is 19.8 Å². The molecular formula is C72H139NO5. The smallest absolute Gasteiger partial charge is 0.305 e. The van der Waals surface area contributed by atoms with Gasteiger partial charge in [-0.15, -0.1) is 0 Å². The van der Waals surface area contributed by atoms with Crippen LogP contribution in [0.1, 0.15) is 399 Å². The molecule has 462 valence electrons. The molecule has 1 amide bonds. The monoisotopic (exact) mass is 1100 g/mol. The maximum absolute atomic E-state index is 12.5. The lowest BCUT2D eigenvalue weighted by Gasteiger charge is -2.22. The predicted octanol–water partition coefficient (Wildman–Crippen LogP) is 22.9. The van der Waals surface area contributed by atoms with Crippen molar-refractivity contribution in [3.05, 3.63) is 24.3 Å². The van der Waals surface area contributed by atoms with Crippen LogP contribution in [-0.2, 0) is 14.3 Å². The molecule has 6 heteroatoms. The molecule has 0 saturated heterocycles. The van der Waals surface area contributed by atoms with Gasteiger partial charge in [-0.3, -0.25) is 9.59 Å². The summed E-state index contributed by atoms with van der Waals surface area (Å²) in [6.45, 7) is 4.97. The zero-order chi connectivity index (χ0) is 56.4. The number of hydrogen-bond acceptors (Lipinski definition) is 5. The summed E-state index contributed by atoms with van der Waals surface area (Å²) in [5, 5.41) is 23.3. The molecule has 0 aliphatic rings. The Morgan fingerprint density at radius 1 is 0.346 bits per heavy atom. The molecule has 2 atom stereocenters. The molecule has 0 saturated carbocycles. The van der Waals surface area contributed by atoms with Crippen LogP contribution < -0.4 is 5.32 Å². The van der Waals surface area contributed by atoms with Crippen molar-refractivity contribution in [2.75, 3.05) is 13.2 Å². The van der Waals surface area contributed by atoms with Gasteiger partial charge in [-0.1, -0.05) is 334 Å². The van der Waals surface area contributed by atoms with Crippen molar-refractivity contribution in [3.8, 4) is 0 Å². The molecule has 78 heavy (non-hydrogen) atoms. The summed E-state index contributed by atoms with van der Waals surface area (Å²) >= 11 is 0. The van der Waals surface area contributed by atoms with Crippen molar-refractivity contribution in [1.82, 2.24) is 5.32 Å². The molecule has 0 rings (SSSR count). The molecule has 3 N–H and O–H groups in total. The van der Waals surface area contributed by atoms with Crippen LogP contribution in [0.25, 0.3) is 0 Å². The zero-order valence-corrected chi connectivity index (χ0v) is 52.9. The van der Waals surface area contributed by atoms with Crippen LogP contribution >= 0.6 is 0 Å². The first-order valence-electron chi connectivity index (χ1n) is 35.6. The molecule has 0 radical (unpaired) electrons. The van der Waals surface area contributed by atoms with Gasteiger partial charge in [0.15, 0.2) is 0 Å². The number of ether oxygens (including phenoxy) is 1. The van der Waals surface area contributed by atoms with Gasteiger partial charge >= 0.3 is 5.97 Å². The number of allylic oxidation sites excluding steroid dienone is 4. The van der Waals surface area contributed by atoms with Gasteiger partial charge in [0.05, 0.1) is 25.4 Å². The quantitative estimate of drug-likeness (QED) is 0.0320. The standard InChI is InChI=1S/C72H139NO5/c1-3-5-7-9-11-13-15-17-37-42-46-50-54-58-62-66-72(77)78-67-63-59-55-51-47-43-39-36-34-32-30-28-26-24-22-20-18-19-21-23-25-27-29-31-33-35-38-41-45-49-53-57-61-65-71(76)73-69(68-74)70(75)64-60-56-52-48-44-40-16-14-12-10-8-6-4-2/h17,22,24,37,69-70,74-75H,3-16,18-21,23,25-36,38-68H2,1-2H3,(H,73,76)/b24-22-,37-17-. The maximum atomic E-state index is 12.5. The first-order valence-corrected chi connectivity index (χ1v) is 35.6. The second-order valence-corrected chi connectivity index (χ2v) is 24.6. The fraction of sp³-hybridized carbons (Fsp3) is 0.917. The van der Waals surface area contributed by atoms with Crippen molar-refractivity contribution in [2.24, 2.45) is 0 Å². The Kier molecular flexibility index (Phi) is 66.4. The number of esters is 1. The van der Waals surface area contributed by atoms with Crippen LogP contribution in [0.3, 0.4) is 0 Å². The third-order valence-corrected chi connectivity index (χ3v) is 16.7. The van der Waals surface area contributed by atoms with Crippen molar-refractivity contribution < 1.29 is 24.5 Å². The summed E-state index contributed by atoms with van der Waals surface area (Å²) in [4.78, 5) is 24.6. The van der Waals surface area contributed by atoms with Crippen LogP contribution in [0.15, 0.2) is 24.3 Å². The average molecular weight is 1100 g/mol. The van der Waals surface area contributed by atoms with Crippen LogP contribution in [0.5, 0.6) is 0 Å². The number of aliphatic hydroxyl groups is 2. The molecule has 0 heterocycles. The molecule has 0 spiro atoms. The SMILES string of the molecule is CCCCCCCC/C=C\CCCCCCCC(=O)OCCCCCCCCCCCCCC/C=C\CCCCCCCCCCCCCCCCCCCC(=O)NC(CO)C(O)CCCCCCCCCCCCCCC. The highest BCUT2D eigenvalue weighted by molar-refractivity contribution is 5.76. The molecule has 0 bridgehead atoms. The summed E-state index contributed by atoms with van der Waals surface area (Å²) in [5.74, 6) is -0.0185. The summed E-state index contributed by atoms with van der Waals surface area (Å²) in [5.41, 5.74) is 0. The van der Waals surface area contributed by atoms with E-state index in [2.05, 4.69) is 43.5 Å². The fourth-order valence-corrected chi connectivity index (χ4v) is 11.3. The van der Waals surface area contributed by atoms with E-state index in [1.165, 1.54) is 321 Å². The van der Waals surface area contributed by atoms with Gasteiger partial charge in [-0.05, 0) is 77.0 Å². The van der Waals surface area contributed by atoms with Crippen molar-refractivity contribution >= 4 is 11.9 Å². The fourth-order valence-electron chi connectivity index (χ4n) is 11.3. The van der Waals surface area contributed by atoms with E-state index in [1.54, 1.807) is 0 Å². The number of hydrogen-bond donors (Lipinski definition) is 3. The number of amides is 1. The molecule has 2 unspecified atom stereocenters. The van der Waals surface area contributed by atoms with E-state index < -0.39 is 12.1 Å². The lowest BCUT2D eigenvalue weighted by atomic mass is 10.0. The molecule has 6 nitrogen and oxygen atoms in total. The normalized spacial score (nSPS) is 12.6. The summed E-state index contributed by atoms with van der Waals surface area (Å²) in [6.07, 6.45) is 85.2. The minimum atomic E-state index is -0.661. The van der Waals surface area contributed by atoms with Gasteiger partial charge in [0.25, 0.3) is 0 Å². The van der Waals surface area contributed by atoms with Crippen LogP contribution in [0.2, 0.25) is 0 Å². The summed E-state index contributed by atoms with van der Waals surface area (Å²) in [7, 11) is 0. The van der Waals surface area contributed by atoms with Crippen molar-refractivity contribution in [3.63, 3.8) is 0 Å². The van der Waals surface area contributed by atoms with Gasteiger partial charge in [0, 0.05) is 12.8 Å². The van der Waals surface area contributed by atoms with E-state index in [1.807, 2.05) is 0 Å². The van der Waals surface area contributed by atoms with Crippen LogP contribution in [-0.4, -0.2) is 47.4 Å². The second kappa shape index (κ2) is 67.8. The molecule has 0 aromatic rings. The molecular weight excluding hydrogens is 959 g/mol. The Balaban J connectivity index is 3.33. The number of unbranched alkanes of at least 4 members (excludes halogenated alkanes) is 52. The highest BCUT2D eigenvalue weighted by Crippen LogP contribution is 2.19. The minimum absolute atomic E-state index is 0.0113. The Bertz CT molecular complexity index is 1220. The maximum Gasteiger partial charge on any atom is 0.305 e. The zero-order valence-electron chi connectivity index (χ0n) is 52.9. The topological polar surface area (TPSA) is 95.9 Å². The van der Waals surface area contributed by atoms with Gasteiger partial charge in [0.1, 0.15) is 0 Å². The van der Waals surface area contributed by atoms with E-state index in [4.69, 9.17) is 4.74 Å². The lowest BCUT2D eigenvalue weighted by molar-refractivity contribution is -0.143. The average Bonchev–Trinajstić information content (AvgIpc) is 3.44. The van der Waals surface area contributed by atoms with E-state index >= 15 is 0 Å². The van der Waals surface area contributed by atoms with Crippen LogP contribution in [0.4, 0.5) is 0 Å². The second-order valence-electron chi connectivity index (χ2n) is 24.6. The number of rotatable bonds is 67. The minimum Gasteiger partial charge on any atom is -0.466 e. The number of nitrogens with one attached hydrogen (secondary N) is 1. The lowest BCUT2D eigenvalue weighted by Crippen LogP contribution is -2.45. The Morgan fingerprint density at radius 3 is 0.910 bits per heavy atom. The Hall–Kier alpha value is -1.66.